The van der Waals surface area contributed by atoms with Gasteiger partial charge in [0.15, 0.2) is 11.4 Å². The van der Waals surface area contributed by atoms with Crippen molar-refractivity contribution in [1.82, 2.24) is 19.7 Å². The molecule has 0 saturated carbocycles. The molecule has 1 aromatic heterocycles. The summed E-state index contributed by atoms with van der Waals surface area (Å²) in [7, 11) is 0. The highest BCUT2D eigenvalue weighted by Crippen LogP contribution is 2.34. The lowest BCUT2D eigenvalue weighted by atomic mass is 10.0. The van der Waals surface area contributed by atoms with Gasteiger partial charge in [0, 0.05) is 43.5 Å². The molecule has 2 aromatic rings. The second kappa shape index (κ2) is 7.70. The number of aromatic hydroxyl groups is 1. The fourth-order valence-electron chi connectivity index (χ4n) is 5.04. The molecule has 5 rings (SSSR count). The van der Waals surface area contributed by atoms with Gasteiger partial charge >= 0.3 is 0 Å². The Morgan fingerprint density at radius 3 is 2.78 bits per heavy atom. The Kier molecular flexibility index (Phi) is 4.96. The number of nitrogens with one attached hydrogen (secondary N) is 1. The SMILES string of the molecule is O=C(NCc1ccc(F)cc1F)c1cn2c(c(O)c1=O)C(=O)N1CC[C@@H]3CCCN3[C@H]1C2. The van der Waals surface area contributed by atoms with Crippen molar-refractivity contribution in [1.29, 1.82) is 0 Å². The molecular weight excluding hydrogens is 422 g/mol. The number of hydrogen-bond donors (Lipinski definition) is 2. The molecule has 2 saturated heterocycles. The van der Waals surface area contributed by atoms with E-state index in [9.17, 15) is 28.3 Å². The van der Waals surface area contributed by atoms with Crippen LogP contribution in [-0.4, -0.2) is 56.6 Å². The maximum atomic E-state index is 13.8. The summed E-state index contributed by atoms with van der Waals surface area (Å²) in [4.78, 5) is 42.4. The molecule has 32 heavy (non-hydrogen) atoms. The molecule has 4 heterocycles. The number of benzene rings is 1. The summed E-state index contributed by atoms with van der Waals surface area (Å²) in [5.74, 6) is -3.57. The van der Waals surface area contributed by atoms with Gasteiger partial charge in [0.1, 0.15) is 23.4 Å². The first-order chi connectivity index (χ1) is 15.3. The number of nitrogens with zero attached hydrogens (tertiary/aromatic N) is 3. The van der Waals surface area contributed by atoms with Crippen LogP contribution in [0.15, 0.2) is 29.2 Å². The molecule has 3 aliphatic rings. The maximum Gasteiger partial charge on any atom is 0.275 e. The zero-order valence-corrected chi connectivity index (χ0v) is 17.2. The third kappa shape index (κ3) is 3.26. The fraction of sp³-hybridized carbons (Fsp3) is 0.409. The summed E-state index contributed by atoms with van der Waals surface area (Å²) in [5.41, 5.74) is -1.37. The number of amides is 2. The highest BCUT2D eigenvalue weighted by molar-refractivity contribution is 5.99. The number of aromatic nitrogens is 1. The number of halogens is 2. The predicted molar refractivity (Wildman–Crippen MR) is 109 cm³/mol. The van der Waals surface area contributed by atoms with Gasteiger partial charge in [-0.3, -0.25) is 19.3 Å². The van der Waals surface area contributed by atoms with E-state index in [0.717, 1.165) is 31.9 Å². The molecule has 8 nitrogen and oxygen atoms in total. The van der Waals surface area contributed by atoms with Crippen LogP contribution in [0.5, 0.6) is 5.75 Å². The molecule has 2 N–H and O–H groups in total. The molecule has 10 heteroatoms. The van der Waals surface area contributed by atoms with Crippen LogP contribution < -0.4 is 10.7 Å². The Balaban J connectivity index is 1.44. The van der Waals surface area contributed by atoms with Crippen molar-refractivity contribution in [3.05, 3.63) is 63.1 Å². The van der Waals surface area contributed by atoms with E-state index in [2.05, 4.69) is 10.2 Å². The number of rotatable bonds is 3. The lowest BCUT2D eigenvalue weighted by molar-refractivity contribution is -0.0211. The Labute approximate surface area is 182 Å². The van der Waals surface area contributed by atoms with Crippen LogP contribution in [-0.2, 0) is 13.1 Å². The topological polar surface area (TPSA) is 94.9 Å². The summed E-state index contributed by atoms with van der Waals surface area (Å²) in [6.07, 6.45) is 4.08. The molecule has 0 bridgehead atoms. The Bertz CT molecular complexity index is 1180. The zero-order valence-electron chi connectivity index (χ0n) is 17.2. The largest absolute Gasteiger partial charge is 0.503 e. The van der Waals surface area contributed by atoms with E-state index < -0.39 is 34.6 Å². The Hall–Kier alpha value is -3.27. The minimum Gasteiger partial charge on any atom is -0.503 e. The third-order valence-electron chi connectivity index (χ3n) is 6.65. The maximum absolute atomic E-state index is 13.8. The molecular formula is C22H22F2N4O4. The highest BCUT2D eigenvalue weighted by atomic mass is 19.1. The van der Waals surface area contributed by atoms with Crippen LogP contribution in [0.25, 0.3) is 0 Å². The van der Waals surface area contributed by atoms with Crippen molar-refractivity contribution in [2.45, 2.75) is 44.6 Å². The van der Waals surface area contributed by atoms with E-state index >= 15 is 0 Å². The van der Waals surface area contributed by atoms with Gasteiger partial charge in [-0.1, -0.05) is 6.07 Å². The summed E-state index contributed by atoms with van der Waals surface area (Å²) in [6.45, 7) is 1.50. The molecule has 2 fully saturated rings. The summed E-state index contributed by atoms with van der Waals surface area (Å²) < 4.78 is 28.4. The quantitative estimate of drug-likeness (QED) is 0.747. The van der Waals surface area contributed by atoms with Crippen molar-refractivity contribution in [2.75, 3.05) is 13.1 Å². The van der Waals surface area contributed by atoms with Crippen molar-refractivity contribution >= 4 is 11.8 Å². The summed E-state index contributed by atoms with van der Waals surface area (Å²) in [6, 6.07) is 3.38. The monoisotopic (exact) mass is 444 g/mol. The minimum atomic E-state index is -0.962. The van der Waals surface area contributed by atoms with Crippen molar-refractivity contribution in [2.24, 2.45) is 0 Å². The van der Waals surface area contributed by atoms with Crippen LogP contribution >= 0.6 is 0 Å². The second-order valence-corrected chi connectivity index (χ2v) is 8.44. The van der Waals surface area contributed by atoms with Gasteiger partial charge in [0.2, 0.25) is 5.43 Å². The molecule has 3 aliphatic heterocycles. The highest BCUT2D eigenvalue weighted by Gasteiger charge is 2.45. The molecule has 168 valence electrons. The molecule has 0 aliphatic carbocycles. The Morgan fingerprint density at radius 2 is 2.00 bits per heavy atom. The van der Waals surface area contributed by atoms with Gasteiger partial charge in [-0.25, -0.2) is 8.78 Å². The average Bonchev–Trinajstić information content (AvgIpc) is 3.25. The number of carbonyl (C=O) groups is 2. The smallest absolute Gasteiger partial charge is 0.275 e. The zero-order chi connectivity index (χ0) is 22.6. The average molecular weight is 444 g/mol. The van der Waals surface area contributed by atoms with Crippen LogP contribution in [0.2, 0.25) is 0 Å². The summed E-state index contributed by atoms with van der Waals surface area (Å²) >= 11 is 0. The third-order valence-corrected chi connectivity index (χ3v) is 6.65. The van der Waals surface area contributed by atoms with E-state index in [1.165, 1.54) is 16.8 Å². The van der Waals surface area contributed by atoms with E-state index in [4.69, 9.17) is 0 Å². The number of carbonyl (C=O) groups excluding carboxylic acids is 2. The minimum absolute atomic E-state index is 0.0511. The lowest BCUT2D eigenvalue weighted by Crippen LogP contribution is -2.62. The van der Waals surface area contributed by atoms with E-state index in [1.807, 2.05) is 0 Å². The molecule has 0 unspecified atom stereocenters. The van der Waals surface area contributed by atoms with Crippen molar-refractivity contribution < 1.29 is 23.5 Å². The first-order valence-corrected chi connectivity index (χ1v) is 10.6. The first-order valence-electron chi connectivity index (χ1n) is 10.6. The van der Waals surface area contributed by atoms with E-state index in [1.54, 1.807) is 4.90 Å². The van der Waals surface area contributed by atoms with Gasteiger partial charge in [-0.05, 0) is 25.3 Å². The van der Waals surface area contributed by atoms with Gasteiger partial charge in [0.05, 0.1) is 6.54 Å². The van der Waals surface area contributed by atoms with Crippen LogP contribution in [0, 0.1) is 11.6 Å². The molecule has 0 spiro atoms. The van der Waals surface area contributed by atoms with Crippen LogP contribution in [0.4, 0.5) is 8.78 Å². The molecule has 2 amide bonds. The number of hydrogen-bond acceptors (Lipinski definition) is 5. The van der Waals surface area contributed by atoms with Crippen molar-refractivity contribution in [3.63, 3.8) is 0 Å². The van der Waals surface area contributed by atoms with Gasteiger partial charge in [-0.15, -0.1) is 0 Å². The van der Waals surface area contributed by atoms with Gasteiger partial charge < -0.3 is 19.9 Å². The number of pyridine rings is 1. The van der Waals surface area contributed by atoms with Crippen LogP contribution in [0.3, 0.4) is 0 Å². The number of fused-ring (bicyclic) bond motifs is 4. The normalized spacial score (nSPS) is 22.3. The molecule has 2 atom stereocenters. The standard InChI is InChI=1S/C22H22F2N4O4/c23-13-4-3-12(16(24)8-13)9-25-21(31)15-10-26-11-17-27-6-1-2-14(27)5-7-28(17)22(32)18(26)20(30)19(15)29/h3-4,8,10,14,17,30H,1-2,5-7,9,11H2,(H,25,31)/t14-,17+/m0/s1. The molecule has 0 radical (unpaired) electrons. The van der Waals surface area contributed by atoms with Gasteiger partial charge in [0.25, 0.3) is 11.8 Å². The second-order valence-electron chi connectivity index (χ2n) is 8.44. The van der Waals surface area contributed by atoms with E-state index in [-0.39, 0.29) is 29.5 Å². The predicted octanol–water partition coefficient (Wildman–Crippen LogP) is 1.41. The molecule has 1 aromatic carbocycles. The summed E-state index contributed by atoms with van der Waals surface area (Å²) in [5, 5.41) is 12.9. The fourth-order valence-corrected chi connectivity index (χ4v) is 5.04. The van der Waals surface area contributed by atoms with Gasteiger partial charge in [-0.2, -0.15) is 0 Å². The van der Waals surface area contributed by atoms with E-state index in [0.29, 0.717) is 25.2 Å². The Morgan fingerprint density at radius 1 is 1.19 bits per heavy atom. The first kappa shape index (κ1) is 20.6. The van der Waals surface area contributed by atoms with Crippen LogP contribution in [0.1, 0.15) is 45.7 Å². The lowest BCUT2D eigenvalue weighted by Gasteiger charge is -2.48. The van der Waals surface area contributed by atoms with Crippen molar-refractivity contribution in [3.8, 4) is 5.75 Å².